The first kappa shape index (κ1) is 26.4. The molecule has 0 atom stereocenters. The van der Waals surface area contributed by atoms with Crippen LogP contribution in [0.15, 0.2) is 60.7 Å². The molecule has 6 nitrogen and oxygen atoms in total. The molecular weight excluding hydrogens is 464 g/mol. The Bertz CT molecular complexity index is 1210. The van der Waals surface area contributed by atoms with E-state index in [1.165, 1.54) is 11.1 Å². The van der Waals surface area contributed by atoms with Crippen LogP contribution in [0.3, 0.4) is 0 Å². The van der Waals surface area contributed by atoms with Crippen LogP contribution >= 0.6 is 0 Å². The standard InChI is InChI=1S/C31H38N2O4/c1-31(2,3)25-14-11-23(12-15-25)21-33(19-17-22-13-16-26(35-4)28(20-22)36-5)30(34)37-27-10-6-8-24-9-7-18-32-29(24)27/h6,8,10-16,20,32H,7,9,17-19,21H2,1-5H3. The van der Waals surface area contributed by atoms with Gasteiger partial charge in [-0.15, -0.1) is 0 Å². The fourth-order valence-electron chi connectivity index (χ4n) is 4.59. The fraction of sp³-hybridized carbons (Fsp3) is 0.387. The van der Waals surface area contributed by atoms with Gasteiger partial charge in [0, 0.05) is 19.6 Å². The van der Waals surface area contributed by atoms with E-state index >= 15 is 0 Å². The van der Waals surface area contributed by atoms with E-state index < -0.39 is 0 Å². The number of ether oxygens (including phenoxy) is 3. The first-order chi connectivity index (χ1) is 17.8. The van der Waals surface area contributed by atoms with Gasteiger partial charge in [0.05, 0.1) is 19.9 Å². The van der Waals surface area contributed by atoms with Crippen LogP contribution in [0.5, 0.6) is 17.2 Å². The van der Waals surface area contributed by atoms with E-state index in [0.29, 0.717) is 36.8 Å². The Morgan fingerprint density at radius 2 is 1.65 bits per heavy atom. The molecule has 1 aliphatic rings. The summed E-state index contributed by atoms with van der Waals surface area (Å²) >= 11 is 0. The second-order valence-electron chi connectivity index (χ2n) is 10.5. The van der Waals surface area contributed by atoms with Gasteiger partial charge in [0.1, 0.15) is 0 Å². The normalized spacial score (nSPS) is 12.8. The zero-order valence-electron chi connectivity index (χ0n) is 22.6. The van der Waals surface area contributed by atoms with Gasteiger partial charge in [-0.05, 0) is 65.1 Å². The van der Waals surface area contributed by atoms with Crippen LogP contribution in [-0.4, -0.2) is 38.3 Å². The highest BCUT2D eigenvalue weighted by molar-refractivity contribution is 5.75. The Hall–Kier alpha value is -3.67. The predicted molar refractivity (Wildman–Crippen MR) is 148 cm³/mol. The fourth-order valence-corrected chi connectivity index (χ4v) is 4.59. The lowest BCUT2D eigenvalue weighted by Crippen LogP contribution is -2.35. The highest BCUT2D eigenvalue weighted by Crippen LogP contribution is 2.33. The summed E-state index contributed by atoms with van der Waals surface area (Å²) < 4.78 is 16.8. The molecule has 0 saturated carbocycles. The molecule has 1 amide bonds. The van der Waals surface area contributed by atoms with Crippen molar-refractivity contribution in [2.75, 3.05) is 32.6 Å². The van der Waals surface area contributed by atoms with Gasteiger partial charge in [0.15, 0.2) is 17.2 Å². The predicted octanol–water partition coefficient (Wildman–Crippen LogP) is 6.60. The first-order valence-corrected chi connectivity index (χ1v) is 12.9. The quantitative estimate of drug-likeness (QED) is 0.376. The molecule has 0 aliphatic carbocycles. The monoisotopic (exact) mass is 502 g/mol. The molecule has 0 fully saturated rings. The van der Waals surface area contributed by atoms with Gasteiger partial charge >= 0.3 is 6.09 Å². The minimum absolute atomic E-state index is 0.0734. The van der Waals surface area contributed by atoms with Crippen LogP contribution in [0.4, 0.5) is 10.5 Å². The Morgan fingerprint density at radius 3 is 2.35 bits per heavy atom. The summed E-state index contributed by atoms with van der Waals surface area (Å²) in [5.41, 5.74) is 5.56. The summed E-state index contributed by atoms with van der Waals surface area (Å²) in [6, 6.07) is 20.2. The zero-order chi connectivity index (χ0) is 26.4. The molecule has 0 unspecified atom stereocenters. The molecule has 1 heterocycles. The summed E-state index contributed by atoms with van der Waals surface area (Å²) in [6.45, 7) is 8.43. The van der Waals surface area contributed by atoms with Gasteiger partial charge in [0.25, 0.3) is 0 Å². The number of anilines is 1. The Labute approximate surface area is 220 Å². The maximum atomic E-state index is 13.5. The third-order valence-corrected chi connectivity index (χ3v) is 6.80. The van der Waals surface area contributed by atoms with Crippen LogP contribution in [-0.2, 0) is 24.8 Å². The number of nitrogens with zero attached hydrogens (tertiary/aromatic N) is 1. The molecule has 196 valence electrons. The van der Waals surface area contributed by atoms with Crippen LogP contribution in [0.25, 0.3) is 0 Å². The van der Waals surface area contributed by atoms with Crippen molar-refractivity contribution in [2.24, 2.45) is 0 Å². The number of amides is 1. The molecule has 4 rings (SSSR count). The third-order valence-electron chi connectivity index (χ3n) is 6.80. The molecule has 6 heteroatoms. The molecule has 0 radical (unpaired) electrons. The summed E-state index contributed by atoms with van der Waals surface area (Å²) in [5.74, 6) is 1.94. The smallest absolute Gasteiger partial charge is 0.415 e. The minimum atomic E-state index is -0.360. The van der Waals surface area contributed by atoms with Crippen LogP contribution < -0.4 is 19.5 Å². The van der Waals surface area contributed by atoms with Gasteiger partial charge in [-0.1, -0.05) is 63.2 Å². The van der Waals surface area contributed by atoms with Gasteiger partial charge in [-0.2, -0.15) is 0 Å². The molecule has 0 saturated heterocycles. The van der Waals surface area contributed by atoms with E-state index in [1.807, 2.05) is 30.3 Å². The maximum absolute atomic E-state index is 13.5. The van der Waals surface area contributed by atoms with Gasteiger partial charge in [-0.3, -0.25) is 0 Å². The van der Waals surface area contributed by atoms with Gasteiger partial charge in [0.2, 0.25) is 0 Å². The Morgan fingerprint density at radius 1 is 0.919 bits per heavy atom. The van der Waals surface area contributed by atoms with Crippen molar-refractivity contribution >= 4 is 11.8 Å². The van der Waals surface area contributed by atoms with Crippen molar-refractivity contribution < 1.29 is 19.0 Å². The number of fused-ring (bicyclic) bond motifs is 1. The highest BCUT2D eigenvalue weighted by Gasteiger charge is 2.21. The van der Waals surface area contributed by atoms with Crippen molar-refractivity contribution in [3.8, 4) is 17.2 Å². The lowest BCUT2D eigenvalue weighted by atomic mass is 9.87. The van der Waals surface area contributed by atoms with Crippen LogP contribution in [0, 0.1) is 0 Å². The Balaban J connectivity index is 1.54. The number of carbonyl (C=O) groups excluding carboxylic acids is 1. The second-order valence-corrected chi connectivity index (χ2v) is 10.5. The average molecular weight is 503 g/mol. The Kier molecular flexibility index (Phi) is 8.27. The lowest BCUT2D eigenvalue weighted by molar-refractivity contribution is 0.150. The number of para-hydroxylation sites is 1. The summed E-state index contributed by atoms with van der Waals surface area (Å²) in [5, 5.41) is 3.41. The molecule has 37 heavy (non-hydrogen) atoms. The van der Waals surface area contributed by atoms with E-state index in [2.05, 4.69) is 56.4 Å². The van der Waals surface area contributed by atoms with Crippen molar-refractivity contribution in [3.63, 3.8) is 0 Å². The van der Waals surface area contributed by atoms with E-state index in [9.17, 15) is 4.79 Å². The van der Waals surface area contributed by atoms with Crippen molar-refractivity contribution in [2.45, 2.75) is 52.0 Å². The molecule has 0 spiro atoms. The van der Waals surface area contributed by atoms with Crippen molar-refractivity contribution in [3.05, 3.63) is 82.9 Å². The highest BCUT2D eigenvalue weighted by atomic mass is 16.6. The number of methoxy groups -OCH3 is 2. The van der Waals surface area contributed by atoms with E-state index in [4.69, 9.17) is 14.2 Å². The van der Waals surface area contributed by atoms with Crippen LogP contribution in [0.2, 0.25) is 0 Å². The number of hydrogen-bond acceptors (Lipinski definition) is 5. The summed E-state index contributed by atoms with van der Waals surface area (Å²) in [4.78, 5) is 15.3. The van der Waals surface area contributed by atoms with E-state index in [-0.39, 0.29) is 11.5 Å². The largest absolute Gasteiger partial charge is 0.493 e. The number of benzene rings is 3. The number of carbonyl (C=O) groups is 1. The zero-order valence-corrected chi connectivity index (χ0v) is 22.6. The number of nitrogens with one attached hydrogen (secondary N) is 1. The molecule has 0 bridgehead atoms. The minimum Gasteiger partial charge on any atom is -0.493 e. The summed E-state index contributed by atoms with van der Waals surface area (Å²) in [7, 11) is 3.25. The molecule has 3 aromatic carbocycles. The number of rotatable bonds is 8. The van der Waals surface area contributed by atoms with Gasteiger partial charge in [-0.25, -0.2) is 4.79 Å². The first-order valence-electron chi connectivity index (χ1n) is 12.9. The van der Waals surface area contributed by atoms with Crippen molar-refractivity contribution in [1.82, 2.24) is 4.90 Å². The van der Waals surface area contributed by atoms with Crippen LogP contribution in [0.1, 0.15) is 49.4 Å². The molecule has 1 N–H and O–H groups in total. The molecule has 0 aromatic heterocycles. The van der Waals surface area contributed by atoms with E-state index in [0.717, 1.165) is 36.2 Å². The number of aryl methyl sites for hydroxylation is 1. The van der Waals surface area contributed by atoms with Crippen molar-refractivity contribution in [1.29, 1.82) is 0 Å². The molecule has 1 aliphatic heterocycles. The molecular formula is C31H38N2O4. The van der Waals surface area contributed by atoms with Gasteiger partial charge < -0.3 is 24.4 Å². The maximum Gasteiger partial charge on any atom is 0.415 e. The third kappa shape index (κ3) is 6.56. The second kappa shape index (κ2) is 11.6. The van der Waals surface area contributed by atoms with E-state index in [1.54, 1.807) is 19.1 Å². The number of hydrogen-bond donors (Lipinski definition) is 1. The molecule has 3 aromatic rings. The average Bonchev–Trinajstić information content (AvgIpc) is 2.90. The SMILES string of the molecule is COc1ccc(CCN(Cc2ccc(C(C)(C)C)cc2)C(=O)Oc2cccc3c2NCCC3)cc1OC. The lowest BCUT2D eigenvalue weighted by Gasteiger charge is -2.25. The topological polar surface area (TPSA) is 60.0 Å². The summed E-state index contributed by atoms with van der Waals surface area (Å²) in [6.07, 6.45) is 2.35.